The van der Waals surface area contributed by atoms with E-state index in [0.29, 0.717) is 24.6 Å². The monoisotopic (exact) mass is 242 g/mol. The lowest BCUT2D eigenvalue weighted by molar-refractivity contribution is 0.0937. The van der Waals surface area contributed by atoms with Crippen LogP contribution >= 0.6 is 0 Å². The lowest BCUT2D eigenvalue weighted by atomic mass is 10.1. The smallest absolute Gasteiger partial charge is 0.273 e. The van der Waals surface area contributed by atoms with Gasteiger partial charge in [0, 0.05) is 13.0 Å². The van der Waals surface area contributed by atoms with Gasteiger partial charge in [-0.2, -0.15) is 0 Å². The van der Waals surface area contributed by atoms with Gasteiger partial charge in [0.2, 0.25) is 0 Å². The number of halogens is 1. The van der Waals surface area contributed by atoms with Crippen molar-refractivity contribution in [2.24, 2.45) is 5.92 Å². The molecule has 17 heavy (non-hydrogen) atoms. The fourth-order valence-electron chi connectivity index (χ4n) is 1.54. The number of hydrogen-bond donors (Lipinski definition) is 1. The molecule has 96 valence electrons. The third kappa shape index (κ3) is 3.28. The van der Waals surface area contributed by atoms with Gasteiger partial charge in [0.1, 0.15) is 11.9 Å². The number of aromatic nitrogens is 1. The summed E-state index contributed by atoms with van der Waals surface area (Å²) in [6.07, 6.45) is -0.732. The van der Waals surface area contributed by atoms with Crippen molar-refractivity contribution in [1.29, 1.82) is 0 Å². The highest BCUT2D eigenvalue weighted by molar-refractivity contribution is 5.93. The number of alkyl halides is 1. The van der Waals surface area contributed by atoms with Crippen LogP contribution in [0.2, 0.25) is 0 Å². The van der Waals surface area contributed by atoms with Crippen LogP contribution in [-0.2, 0) is 6.42 Å². The third-order valence-electron chi connectivity index (χ3n) is 2.41. The van der Waals surface area contributed by atoms with Crippen molar-refractivity contribution in [2.45, 2.75) is 40.3 Å². The van der Waals surface area contributed by atoms with Gasteiger partial charge in [-0.15, -0.1) is 0 Å². The van der Waals surface area contributed by atoms with Crippen molar-refractivity contribution in [1.82, 2.24) is 10.5 Å². The minimum atomic E-state index is -1.25. The molecule has 0 saturated heterocycles. The van der Waals surface area contributed by atoms with Crippen molar-refractivity contribution < 1.29 is 13.7 Å². The van der Waals surface area contributed by atoms with E-state index < -0.39 is 6.17 Å². The maximum absolute atomic E-state index is 13.5. The predicted octanol–water partition coefficient (Wildman–Crippen LogP) is 2.65. The molecule has 5 heteroatoms. The number of carbonyl (C=O) groups is 1. The molecule has 1 rings (SSSR count). The molecule has 0 bridgehead atoms. The Kier molecular flexibility index (Phi) is 4.66. The molecule has 0 aromatic carbocycles. The number of amides is 1. The summed E-state index contributed by atoms with van der Waals surface area (Å²) in [6, 6.07) is 0. The number of rotatable bonds is 5. The number of aryl methyl sites for hydroxylation is 1. The summed E-state index contributed by atoms with van der Waals surface area (Å²) in [6.45, 7) is 7.72. The van der Waals surface area contributed by atoms with Crippen LogP contribution in [0.4, 0.5) is 4.39 Å². The molecule has 0 aliphatic carbocycles. The summed E-state index contributed by atoms with van der Waals surface area (Å²) < 4.78 is 18.4. The molecule has 1 aromatic heterocycles. The van der Waals surface area contributed by atoms with Crippen molar-refractivity contribution in [3.05, 3.63) is 17.0 Å². The van der Waals surface area contributed by atoms with Gasteiger partial charge in [0.15, 0.2) is 5.69 Å². The second kappa shape index (κ2) is 5.80. The molecule has 0 aliphatic rings. The quantitative estimate of drug-likeness (QED) is 0.863. The number of carbonyl (C=O) groups excluding carboxylic acids is 1. The molecular formula is C12H19FN2O2. The first-order valence-corrected chi connectivity index (χ1v) is 5.88. The van der Waals surface area contributed by atoms with E-state index in [2.05, 4.69) is 10.5 Å². The topological polar surface area (TPSA) is 55.1 Å². The summed E-state index contributed by atoms with van der Waals surface area (Å²) in [5.41, 5.74) is 0.339. The standard InChI is InChI=1S/C12H19FN2O2/c1-5-9-10(8(4)13)11(15-17-9)12(16)14-6-7(2)3/h7-8H,5-6H2,1-4H3,(H,14,16). The van der Waals surface area contributed by atoms with Crippen LogP contribution < -0.4 is 5.32 Å². The van der Waals surface area contributed by atoms with Gasteiger partial charge in [-0.3, -0.25) is 4.79 Å². The van der Waals surface area contributed by atoms with Crippen LogP contribution in [0.15, 0.2) is 4.52 Å². The van der Waals surface area contributed by atoms with E-state index in [4.69, 9.17) is 4.52 Å². The van der Waals surface area contributed by atoms with E-state index in [1.807, 2.05) is 20.8 Å². The molecule has 1 N–H and O–H groups in total. The lowest BCUT2D eigenvalue weighted by Crippen LogP contribution is -2.28. The van der Waals surface area contributed by atoms with E-state index in [1.165, 1.54) is 6.92 Å². The highest BCUT2D eigenvalue weighted by atomic mass is 19.1. The minimum Gasteiger partial charge on any atom is -0.360 e. The number of nitrogens with one attached hydrogen (secondary N) is 1. The fourth-order valence-corrected chi connectivity index (χ4v) is 1.54. The second-order valence-electron chi connectivity index (χ2n) is 4.44. The maximum atomic E-state index is 13.5. The van der Waals surface area contributed by atoms with Crippen molar-refractivity contribution in [3.63, 3.8) is 0 Å². The first-order chi connectivity index (χ1) is 7.97. The molecule has 0 radical (unpaired) electrons. The van der Waals surface area contributed by atoms with Crippen LogP contribution in [0.3, 0.4) is 0 Å². The van der Waals surface area contributed by atoms with Gasteiger partial charge in [-0.05, 0) is 12.8 Å². The molecule has 0 aliphatic heterocycles. The Labute approximate surface area is 101 Å². The minimum absolute atomic E-state index is 0.0671. The van der Waals surface area contributed by atoms with Crippen LogP contribution in [0, 0.1) is 5.92 Å². The fraction of sp³-hybridized carbons (Fsp3) is 0.667. The van der Waals surface area contributed by atoms with Gasteiger partial charge in [0.05, 0.1) is 5.56 Å². The molecule has 0 fully saturated rings. The van der Waals surface area contributed by atoms with Crippen molar-refractivity contribution >= 4 is 5.91 Å². The molecule has 1 heterocycles. The SMILES string of the molecule is CCc1onc(C(=O)NCC(C)C)c1C(C)F. The second-order valence-corrected chi connectivity index (χ2v) is 4.44. The largest absolute Gasteiger partial charge is 0.360 e. The average molecular weight is 242 g/mol. The Morgan fingerprint density at radius 3 is 2.59 bits per heavy atom. The summed E-state index contributed by atoms with van der Waals surface area (Å²) in [5.74, 6) is 0.402. The Bertz CT molecular complexity index is 386. The van der Waals surface area contributed by atoms with Gasteiger partial charge in [0.25, 0.3) is 5.91 Å². The van der Waals surface area contributed by atoms with Crippen LogP contribution in [0.1, 0.15) is 55.7 Å². The molecule has 1 unspecified atom stereocenters. The zero-order chi connectivity index (χ0) is 13.0. The molecular weight excluding hydrogens is 223 g/mol. The van der Waals surface area contributed by atoms with Crippen LogP contribution in [-0.4, -0.2) is 17.6 Å². The Morgan fingerprint density at radius 2 is 2.12 bits per heavy atom. The molecule has 0 saturated carbocycles. The Hall–Kier alpha value is -1.39. The van der Waals surface area contributed by atoms with Crippen LogP contribution in [0.25, 0.3) is 0 Å². The first-order valence-electron chi connectivity index (χ1n) is 5.88. The Balaban J connectivity index is 2.90. The van der Waals surface area contributed by atoms with Gasteiger partial charge in [-0.25, -0.2) is 4.39 Å². The predicted molar refractivity (Wildman–Crippen MR) is 62.6 cm³/mol. The zero-order valence-corrected chi connectivity index (χ0v) is 10.7. The van der Waals surface area contributed by atoms with E-state index in [0.717, 1.165) is 0 Å². The summed E-state index contributed by atoms with van der Waals surface area (Å²) in [7, 11) is 0. The number of nitrogens with zero attached hydrogens (tertiary/aromatic N) is 1. The average Bonchev–Trinajstić information content (AvgIpc) is 2.69. The van der Waals surface area contributed by atoms with Gasteiger partial charge in [-0.1, -0.05) is 25.9 Å². The zero-order valence-electron chi connectivity index (χ0n) is 10.7. The third-order valence-corrected chi connectivity index (χ3v) is 2.41. The molecule has 0 spiro atoms. The summed E-state index contributed by atoms with van der Waals surface area (Å²) in [4.78, 5) is 11.8. The van der Waals surface area contributed by atoms with E-state index >= 15 is 0 Å². The normalized spacial score (nSPS) is 12.8. The molecule has 1 amide bonds. The number of hydrogen-bond acceptors (Lipinski definition) is 3. The Morgan fingerprint density at radius 1 is 1.47 bits per heavy atom. The summed E-state index contributed by atoms with van der Waals surface area (Å²) in [5, 5.41) is 6.36. The van der Waals surface area contributed by atoms with Crippen molar-refractivity contribution in [3.8, 4) is 0 Å². The molecule has 1 atom stereocenters. The summed E-state index contributed by atoms with van der Waals surface area (Å²) >= 11 is 0. The van der Waals surface area contributed by atoms with Gasteiger partial charge < -0.3 is 9.84 Å². The highest BCUT2D eigenvalue weighted by Gasteiger charge is 2.24. The first kappa shape index (κ1) is 13.7. The maximum Gasteiger partial charge on any atom is 0.273 e. The van der Waals surface area contributed by atoms with E-state index in [1.54, 1.807) is 0 Å². The van der Waals surface area contributed by atoms with E-state index in [9.17, 15) is 9.18 Å². The van der Waals surface area contributed by atoms with Crippen molar-refractivity contribution in [2.75, 3.05) is 6.54 Å². The highest BCUT2D eigenvalue weighted by Crippen LogP contribution is 2.25. The molecule has 1 aromatic rings. The molecule has 4 nitrogen and oxygen atoms in total. The van der Waals surface area contributed by atoms with Gasteiger partial charge >= 0.3 is 0 Å². The lowest BCUT2D eigenvalue weighted by Gasteiger charge is -2.07. The van der Waals surface area contributed by atoms with Crippen LogP contribution in [0.5, 0.6) is 0 Å². The van der Waals surface area contributed by atoms with E-state index in [-0.39, 0.29) is 17.2 Å².